The van der Waals surface area contributed by atoms with Crippen molar-refractivity contribution >= 4 is 22.5 Å². The van der Waals surface area contributed by atoms with Crippen LogP contribution in [0.3, 0.4) is 0 Å². The fraction of sp³-hybridized carbons (Fsp3) is 0.526. The van der Waals surface area contributed by atoms with E-state index in [2.05, 4.69) is 27.4 Å². The quantitative estimate of drug-likeness (QED) is 0.592. The molecular formula is C19H25N5O3S. The monoisotopic (exact) mass is 403 g/mol. The van der Waals surface area contributed by atoms with Gasteiger partial charge in [-0.25, -0.2) is 9.78 Å². The number of hydrogen-bond donors (Lipinski definition) is 0. The van der Waals surface area contributed by atoms with Crippen LogP contribution in [0.4, 0.5) is 0 Å². The zero-order chi connectivity index (χ0) is 19.7. The highest BCUT2D eigenvalue weighted by Gasteiger charge is 2.20. The summed E-state index contributed by atoms with van der Waals surface area (Å²) in [5.41, 5.74) is 0.231. The minimum atomic E-state index is -0.361. The molecule has 1 aliphatic rings. The fourth-order valence-electron chi connectivity index (χ4n) is 3.75. The Balaban J connectivity index is 1.56. The minimum Gasteiger partial charge on any atom is -0.377 e. The topological polar surface area (TPSA) is 74.3 Å². The highest BCUT2D eigenvalue weighted by Crippen LogP contribution is 2.17. The molecule has 0 aromatic carbocycles. The Kier molecular flexibility index (Phi) is 5.47. The van der Waals surface area contributed by atoms with Crippen molar-refractivity contribution in [1.82, 2.24) is 23.6 Å². The highest BCUT2D eigenvalue weighted by atomic mass is 32.1. The van der Waals surface area contributed by atoms with Crippen molar-refractivity contribution in [2.75, 3.05) is 19.7 Å². The van der Waals surface area contributed by atoms with Gasteiger partial charge in [-0.15, -0.1) is 11.3 Å². The van der Waals surface area contributed by atoms with E-state index in [1.54, 1.807) is 24.7 Å². The van der Waals surface area contributed by atoms with Gasteiger partial charge in [0.15, 0.2) is 11.2 Å². The van der Waals surface area contributed by atoms with Crippen LogP contribution in [0.25, 0.3) is 11.2 Å². The summed E-state index contributed by atoms with van der Waals surface area (Å²) in [7, 11) is 3.14. The Morgan fingerprint density at radius 2 is 2.18 bits per heavy atom. The molecule has 1 unspecified atom stereocenters. The number of aryl methyl sites for hydroxylation is 1. The second-order valence-electron chi connectivity index (χ2n) is 7.27. The third-order valence-electron chi connectivity index (χ3n) is 5.32. The molecule has 1 aliphatic heterocycles. The van der Waals surface area contributed by atoms with E-state index in [0.29, 0.717) is 17.7 Å². The van der Waals surface area contributed by atoms with Crippen LogP contribution in [0.15, 0.2) is 33.4 Å². The van der Waals surface area contributed by atoms with E-state index in [9.17, 15) is 9.59 Å². The lowest BCUT2D eigenvalue weighted by Crippen LogP contribution is -2.38. The van der Waals surface area contributed by atoms with E-state index in [1.807, 2.05) is 4.57 Å². The predicted molar refractivity (Wildman–Crippen MR) is 109 cm³/mol. The van der Waals surface area contributed by atoms with Crippen LogP contribution in [0.5, 0.6) is 0 Å². The number of thiophene rings is 1. The molecule has 1 fully saturated rings. The molecule has 150 valence electrons. The van der Waals surface area contributed by atoms with Crippen LogP contribution >= 0.6 is 11.3 Å². The molecule has 28 heavy (non-hydrogen) atoms. The summed E-state index contributed by atoms with van der Waals surface area (Å²) in [6, 6.07) is 4.21. The lowest BCUT2D eigenvalue weighted by atomic mass is 10.2. The molecule has 0 radical (unpaired) electrons. The molecule has 8 nitrogen and oxygen atoms in total. The van der Waals surface area contributed by atoms with Crippen molar-refractivity contribution < 1.29 is 4.74 Å². The maximum Gasteiger partial charge on any atom is 0.332 e. The second kappa shape index (κ2) is 8.02. The normalized spacial score (nSPS) is 17.2. The Morgan fingerprint density at radius 1 is 1.32 bits per heavy atom. The molecule has 9 heteroatoms. The van der Waals surface area contributed by atoms with Crippen LogP contribution in [0.1, 0.15) is 17.7 Å². The van der Waals surface area contributed by atoms with E-state index in [1.165, 1.54) is 16.5 Å². The second-order valence-corrected chi connectivity index (χ2v) is 8.30. The van der Waals surface area contributed by atoms with Crippen molar-refractivity contribution in [1.29, 1.82) is 0 Å². The summed E-state index contributed by atoms with van der Waals surface area (Å²) in [5, 5.41) is 2.09. The average molecular weight is 404 g/mol. The smallest absolute Gasteiger partial charge is 0.332 e. The average Bonchev–Trinajstić information content (AvgIpc) is 3.44. The number of aromatic nitrogens is 4. The van der Waals surface area contributed by atoms with Crippen LogP contribution in [0, 0.1) is 0 Å². The number of ether oxygens (including phenoxy) is 1. The number of fused-ring (bicyclic) bond motifs is 1. The molecule has 4 heterocycles. The van der Waals surface area contributed by atoms with Crippen molar-refractivity contribution in [3.05, 3.63) is 49.6 Å². The Labute approximate surface area is 166 Å². The molecule has 1 atom stereocenters. The van der Waals surface area contributed by atoms with E-state index in [-0.39, 0.29) is 17.4 Å². The van der Waals surface area contributed by atoms with Gasteiger partial charge < -0.3 is 9.30 Å². The third-order valence-corrected chi connectivity index (χ3v) is 6.18. The lowest BCUT2D eigenvalue weighted by molar-refractivity contribution is 0.0697. The number of imidazole rings is 1. The van der Waals surface area contributed by atoms with Gasteiger partial charge in [0.2, 0.25) is 0 Å². The largest absolute Gasteiger partial charge is 0.377 e. The molecule has 1 saturated heterocycles. The minimum absolute atomic E-state index is 0.271. The van der Waals surface area contributed by atoms with Crippen LogP contribution in [0.2, 0.25) is 0 Å². The van der Waals surface area contributed by atoms with Gasteiger partial charge in [-0.2, -0.15) is 0 Å². The zero-order valence-electron chi connectivity index (χ0n) is 16.2. The standard InChI is InChI=1S/C19H25N5O3S/c1-21-17-16(18(25)22(2)19(21)26)24(13-20-17)8-7-23(11-14-5-3-9-27-14)12-15-6-4-10-28-15/h4,6,10,13-14H,3,5,7-9,11-12H2,1-2H3. The molecular weight excluding hydrogens is 378 g/mol. The number of hydrogen-bond acceptors (Lipinski definition) is 6. The summed E-state index contributed by atoms with van der Waals surface area (Å²) in [6.45, 7) is 3.98. The molecule has 0 amide bonds. The van der Waals surface area contributed by atoms with Gasteiger partial charge >= 0.3 is 5.69 Å². The summed E-state index contributed by atoms with van der Waals surface area (Å²) in [5.74, 6) is 0. The summed E-state index contributed by atoms with van der Waals surface area (Å²) in [4.78, 5) is 32.7. The molecule has 3 aromatic heterocycles. The molecule has 3 aromatic rings. The first-order valence-electron chi connectivity index (χ1n) is 9.52. The fourth-order valence-corrected chi connectivity index (χ4v) is 4.50. The van der Waals surface area contributed by atoms with Crippen molar-refractivity contribution in [2.24, 2.45) is 14.1 Å². The van der Waals surface area contributed by atoms with Gasteiger partial charge in [0.05, 0.1) is 12.4 Å². The van der Waals surface area contributed by atoms with Crippen molar-refractivity contribution in [3.8, 4) is 0 Å². The Morgan fingerprint density at radius 3 is 2.89 bits per heavy atom. The van der Waals surface area contributed by atoms with Gasteiger partial charge in [-0.1, -0.05) is 6.07 Å². The molecule has 0 N–H and O–H groups in total. The van der Waals surface area contributed by atoms with Gasteiger partial charge in [0.25, 0.3) is 5.56 Å². The van der Waals surface area contributed by atoms with E-state index >= 15 is 0 Å². The molecule has 0 spiro atoms. The van der Waals surface area contributed by atoms with Gasteiger partial charge in [0, 0.05) is 51.8 Å². The highest BCUT2D eigenvalue weighted by molar-refractivity contribution is 7.09. The van der Waals surface area contributed by atoms with E-state index in [0.717, 1.165) is 43.6 Å². The first kappa shape index (κ1) is 19.1. The third kappa shape index (κ3) is 3.69. The summed E-state index contributed by atoms with van der Waals surface area (Å²) < 4.78 is 10.2. The summed E-state index contributed by atoms with van der Waals surface area (Å²) >= 11 is 1.75. The van der Waals surface area contributed by atoms with Gasteiger partial charge in [-0.3, -0.25) is 18.8 Å². The van der Waals surface area contributed by atoms with Crippen molar-refractivity contribution in [3.63, 3.8) is 0 Å². The summed E-state index contributed by atoms with van der Waals surface area (Å²) in [6.07, 6.45) is 4.14. The van der Waals surface area contributed by atoms with E-state index < -0.39 is 0 Å². The number of nitrogens with zero attached hydrogens (tertiary/aromatic N) is 5. The van der Waals surface area contributed by atoms with Gasteiger partial charge in [0.1, 0.15) is 0 Å². The molecule has 0 saturated carbocycles. The van der Waals surface area contributed by atoms with Crippen LogP contribution in [-0.4, -0.2) is 49.4 Å². The molecule has 4 rings (SSSR count). The molecule has 0 aliphatic carbocycles. The van der Waals surface area contributed by atoms with Gasteiger partial charge in [-0.05, 0) is 24.3 Å². The molecule has 0 bridgehead atoms. The first-order chi connectivity index (χ1) is 13.5. The zero-order valence-corrected chi connectivity index (χ0v) is 17.0. The van der Waals surface area contributed by atoms with Crippen molar-refractivity contribution in [2.45, 2.75) is 32.0 Å². The maximum absolute atomic E-state index is 12.6. The van der Waals surface area contributed by atoms with Crippen LogP contribution in [-0.2, 0) is 31.9 Å². The Hall–Kier alpha value is -2.23. The maximum atomic E-state index is 12.6. The van der Waals surface area contributed by atoms with Crippen LogP contribution < -0.4 is 11.2 Å². The predicted octanol–water partition coefficient (Wildman–Crippen LogP) is 1.18. The lowest BCUT2D eigenvalue weighted by Gasteiger charge is -2.25. The Bertz CT molecular complexity index is 1060. The first-order valence-corrected chi connectivity index (χ1v) is 10.4. The SMILES string of the molecule is Cn1c(=O)c2c(ncn2CCN(Cc2cccs2)CC2CCCO2)n(C)c1=O. The van der Waals surface area contributed by atoms with E-state index in [4.69, 9.17) is 4.74 Å². The number of rotatable bonds is 7.